The fourth-order valence-corrected chi connectivity index (χ4v) is 3.84. The third kappa shape index (κ3) is 4.24. The second kappa shape index (κ2) is 7.48. The summed E-state index contributed by atoms with van der Waals surface area (Å²) in [5.74, 6) is 0. The van der Waals surface area contributed by atoms with Crippen molar-refractivity contribution in [3.05, 3.63) is 59.1 Å². The zero-order valence-electron chi connectivity index (χ0n) is 11.9. The van der Waals surface area contributed by atoms with Crippen molar-refractivity contribution in [2.24, 2.45) is 0 Å². The van der Waals surface area contributed by atoms with E-state index in [0.29, 0.717) is 5.56 Å². The third-order valence-electron chi connectivity index (χ3n) is 3.09. The number of nitrogens with one attached hydrogen (secondary N) is 1. The van der Waals surface area contributed by atoms with Crippen LogP contribution in [0.3, 0.4) is 0 Å². The Morgan fingerprint density at radius 3 is 2.41 bits per heavy atom. The number of aliphatic hydroxyl groups is 1. The van der Waals surface area contributed by atoms with Crippen molar-refractivity contribution in [2.45, 2.75) is 15.9 Å². The van der Waals surface area contributed by atoms with Crippen LogP contribution in [0.25, 0.3) is 0 Å². The van der Waals surface area contributed by atoms with Gasteiger partial charge in [-0.25, -0.2) is 13.1 Å². The Hall–Kier alpha value is -1.05. The summed E-state index contributed by atoms with van der Waals surface area (Å²) < 4.78 is 26.7. The van der Waals surface area contributed by atoms with Crippen LogP contribution in [-0.4, -0.2) is 26.3 Å². The summed E-state index contributed by atoms with van der Waals surface area (Å²) in [6, 6.07) is 13.5. The lowest BCUT2D eigenvalue weighted by atomic mass is 10.1. The predicted molar refractivity (Wildman–Crippen MR) is 89.8 cm³/mol. The molecule has 0 radical (unpaired) electrons. The highest BCUT2D eigenvalue weighted by atomic mass is 35.5. The highest BCUT2D eigenvalue weighted by molar-refractivity contribution is 7.98. The molecule has 2 rings (SSSR count). The van der Waals surface area contributed by atoms with Crippen LogP contribution in [0.4, 0.5) is 0 Å². The molecule has 2 aromatic carbocycles. The smallest absolute Gasteiger partial charge is 0.242 e. The van der Waals surface area contributed by atoms with Gasteiger partial charge < -0.3 is 5.11 Å². The number of halogens is 1. The average molecular weight is 358 g/mol. The zero-order chi connectivity index (χ0) is 16.2. The van der Waals surface area contributed by atoms with E-state index in [0.717, 1.165) is 4.90 Å². The lowest BCUT2D eigenvalue weighted by molar-refractivity contribution is 0.182. The van der Waals surface area contributed by atoms with Crippen LogP contribution in [0.5, 0.6) is 0 Å². The number of hydrogen-bond donors (Lipinski definition) is 2. The van der Waals surface area contributed by atoms with Crippen molar-refractivity contribution in [3.63, 3.8) is 0 Å². The molecule has 4 nitrogen and oxygen atoms in total. The van der Waals surface area contributed by atoms with Gasteiger partial charge in [0.15, 0.2) is 0 Å². The first-order chi connectivity index (χ1) is 10.4. The van der Waals surface area contributed by atoms with Crippen LogP contribution in [0.15, 0.2) is 58.3 Å². The fourth-order valence-electron chi connectivity index (χ4n) is 1.87. The van der Waals surface area contributed by atoms with Crippen molar-refractivity contribution in [1.29, 1.82) is 0 Å². The van der Waals surface area contributed by atoms with Gasteiger partial charge in [0.2, 0.25) is 10.0 Å². The minimum atomic E-state index is -3.75. The molecule has 0 saturated heterocycles. The molecule has 0 aliphatic carbocycles. The van der Waals surface area contributed by atoms with E-state index in [2.05, 4.69) is 4.72 Å². The average Bonchev–Trinajstić information content (AvgIpc) is 2.53. The second-order valence-corrected chi connectivity index (χ2v) is 7.59. The van der Waals surface area contributed by atoms with E-state index in [9.17, 15) is 13.5 Å². The molecule has 0 heterocycles. The van der Waals surface area contributed by atoms with Gasteiger partial charge in [0.1, 0.15) is 4.90 Å². The Morgan fingerprint density at radius 1 is 1.18 bits per heavy atom. The van der Waals surface area contributed by atoms with E-state index in [4.69, 9.17) is 11.6 Å². The molecule has 1 atom stereocenters. The molecule has 0 aliphatic heterocycles. The molecule has 1 unspecified atom stereocenters. The van der Waals surface area contributed by atoms with E-state index in [1.807, 2.05) is 18.4 Å². The maximum absolute atomic E-state index is 12.2. The second-order valence-electron chi connectivity index (χ2n) is 4.57. The zero-order valence-corrected chi connectivity index (χ0v) is 14.3. The van der Waals surface area contributed by atoms with Crippen molar-refractivity contribution in [3.8, 4) is 0 Å². The minimum absolute atomic E-state index is 0.00148. The van der Waals surface area contributed by atoms with E-state index in [1.54, 1.807) is 36.0 Å². The number of rotatable bonds is 6. The number of aliphatic hydroxyl groups excluding tert-OH is 1. The van der Waals surface area contributed by atoms with Crippen molar-refractivity contribution in [2.75, 3.05) is 12.8 Å². The van der Waals surface area contributed by atoms with Gasteiger partial charge in [-0.3, -0.25) is 0 Å². The summed E-state index contributed by atoms with van der Waals surface area (Å²) in [7, 11) is -3.75. The molecule has 118 valence electrons. The summed E-state index contributed by atoms with van der Waals surface area (Å²) in [4.78, 5) is 1.08. The molecule has 22 heavy (non-hydrogen) atoms. The molecule has 2 N–H and O–H groups in total. The van der Waals surface area contributed by atoms with Gasteiger partial charge in [-0.2, -0.15) is 0 Å². The lowest BCUT2D eigenvalue weighted by Crippen LogP contribution is -2.28. The maximum atomic E-state index is 12.2. The molecule has 2 aromatic rings. The summed E-state index contributed by atoms with van der Waals surface area (Å²) in [5, 5.41) is 10.2. The Kier molecular flexibility index (Phi) is 5.88. The van der Waals surface area contributed by atoms with Crippen LogP contribution in [-0.2, 0) is 10.0 Å². The van der Waals surface area contributed by atoms with Crippen LogP contribution >= 0.6 is 23.4 Å². The first-order valence-electron chi connectivity index (χ1n) is 6.50. The highest BCUT2D eigenvalue weighted by Gasteiger charge is 2.19. The quantitative estimate of drug-likeness (QED) is 0.780. The Labute approximate surface area is 139 Å². The van der Waals surface area contributed by atoms with Gasteiger partial charge >= 0.3 is 0 Å². The Bertz CT molecular complexity index is 733. The molecule has 0 bridgehead atoms. The molecular formula is C15H16ClNO3S2. The molecule has 0 saturated carbocycles. The summed E-state index contributed by atoms with van der Waals surface area (Å²) in [5.41, 5.74) is 0.652. The SMILES string of the molecule is CSc1ccc(C(O)CNS(=O)(=O)c2ccccc2Cl)cc1. The van der Waals surface area contributed by atoms with Crippen LogP contribution in [0.2, 0.25) is 5.02 Å². The van der Waals surface area contributed by atoms with Crippen molar-refractivity contribution >= 4 is 33.4 Å². The standard InChI is InChI=1S/C15H16ClNO3S2/c1-21-12-8-6-11(7-9-12)14(18)10-17-22(19,20)15-5-3-2-4-13(15)16/h2-9,14,17-18H,10H2,1H3. The molecular weight excluding hydrogens is 342 g/mol. The van der Waals surface area contributed by atoms with E-state index in [-0.39, 0.29) is 16.5 Å². The molecule has 0 amide bonds. The highest BCUT2D eigenvalue weighted by Crippen LogP contribution is 2.22. The maximum Gasteiger partial charge on any atom is 0.242 e. The van der Waals surface area contributed by atoms with E-state index >= 15 is 0 Å². The number of sulfonamides is 1. The van der Waals surface area contributed by atoms with Gasteiger partial charge in [0.05, 0.1) is 11.1 Å². The predicted octanol–water partition coefficient (Wildman–Crippen LogP) is 3.07. The first-order valence-corrected chi connectivity index (χ1v) is 9.59. The van der Waals surface area contributed by atoms with E-state index < -0.39 is 16.1 Å². The van der Waals surface area contributed by atoms with Gasteiger partial charge in [-0.15, -0.1) is 11.8 Å². The number of thioether (sulfide) groups is 1. The third-order valence-corrected chi connectivity index (χ3v) is 5.76. The Morgan fingerprint density at radius 2 is 1.82 bits per heavy atom. The van der Waals surface area contributed by atoms with Crippen molar-refractivity contribution < 1.29 is 13.5 Å². The lowest BCUT2D eigenvalue weighted by Gasteiger charge is -2.13. The molecule has 0 fully saturated rings. The summed E-state index contributed by atoms with van der Waals surface area (Å²) >= 11 is 7.49. The number of hydrogen-bond acceptors (Lipinski definition) is 4. The summed E-state index contributed by atoms with van der Waals surface area (Å²) in [6.45, 7) is -0.119. The largest absolute Gasteiger partial charge is 0.387 e. The summed E-state index contributed by atoms with van der Waals surface area (Å²) in [6.07, 6.45) is 1.04. The first kappa shape index (κ1) is 17.3. The van der Waals surface area contributed by atoms with E-state index in [1.165, 1.54) is 12.1 Å². The normalized spacial score (nSPS) is 13.0. The van der Waals surface area contributed by atoms with Gasteiger partial charge in [0, 0.05) is 11.4 Å². The van der Waals surface area contributed by atoms with Gasteiger partial charge in [0.25, 0.3) is 0 Å². The van der Waals surface area contributed by atoms with Gasteiger partial charge in [-0.1, -0.05) is 35.9 Å². The molecule has 0 aromatic heterocycles. The fraction of sp³-hybridized carbons (Fsp3) is 0.200. The van der Waals surface area contributed by atoms with Crippen molar-refractivity contribution in [1.82, 2.24) is 4.72 Å². The van der Waals surface area contributed by atoms with Gasteiger partial charge in [-0.05, 0) is 36.1 Å². The molecule has 7 heteroatoms. The molecule has 0 spiro atoms. The van der Waals surface area contributed by atoms with Crippen LogP contribution < -0.4 is 4.72 Å². The minimum Gasteiger partial charge on any atom is -0.387 e. The Balaban J connectivity index is 2.06. The topological polar surface area (TPSA) is 66.4 Å². The van der Waals surface area contributed by atoms with Crippen LogP contribution in [0, 0.1) is 0 Å². The van der Waals surface area contributed by atoms with Crippen LogP contribution in [0.1, 0.15) is 11.7 Å². The molecule has 0 aliphatic rings. The monoisotopic (exact) mass is 357 g/mol. The number of benzene rings is 2.